The van der Waals surface area contributed by atoms with E-state index in [2.05, 4.69) is 5.32 Å². The SMILES string of the molecule is CC(C)(C)OC(=O)N1CC(NC(=O)c2ccccc2)CC1C(=O)N1CCSC1. The summed E-state index contributed by atoms with van der Waals surface area (Å²) in [4.78, 5) is 41.4. The Morgan fingerprint density at radius 3 is 2.50 bits per heavy atom. The number of amides is 3. The van der Waals surface area contributed by atoms with Gasteiger partial charge >= 0.3 is 6.09 Å². The minimum Gasteiger partial charge on any atom is -0.444 e. The van der Waals surface area contributed by atoms with Crippen LogP contribution in [-0.4, -0.2) is 70.1 Å². The number of ether oxygens (including phenoxy) is 1. The Labute approximate surface area is 169 Å². The molecule has 2 fully saturated rings. The average molecular weight is 406 g/mol. The molecule has 0 aromatic heterocycles. The molecule has 0 saturated carbocycles. The van der Waals surface area contributed by atoms with E-state index in [9.17, 15) is 14.4 Å². The first-order valence-corrected chi connectivity index (χ1v) is 10.6. The maximum Gasteiger partial charge on any atom is 0.411 e. The lowest BCUT2D eigenvalue weighted by Gasteiger charge is -2.29. The predicted octanol–water partition coefficient (Wildman–Crippen LogP) is 2.33. The molecule has 2 heterocycles. The zero-order valence-corrected chi connectivity index (χ0v) is 17.3. The number of benzene rings is 1. The van der Waals surface area contributed by atoms with Gasteiger partial charge < -0.3 is 15.0 Å². The fourth-order valence-corrected chi connectivity index (χ4v) is 4.31. The Balaban J connectivity index is 1.72. The monoisotopic (exact) mass is 405 g/mol. The zero-order chi connectivity index (χ0) is 20.3. The first-order valence-electron chi connectivity index (χ1n) is 9.46. The number of likely N-dealkylation sites (tertiary alicyclic amines) is 1. The summed E-state index contributed by atoms with van der Waals surface area (Å²) in [7, 11) is 0. The highest BCUT2D eigenvalue weighted by molar-refractivity contribution is 7.99. The second-order valence-corrected chi connectivity index (χ2v) is 9.13. The number of hydrogen-bond donors (Lipinski definition) is 1. The maximum atomic E-state index is 13.0. The molecule has 1 aromatic carbocycles. The first kappa shape index (κ1) is 20.5. The van der Waals surface area contributed by atoms with E-state index < -0.39 is 17.7 Å². The van der Waals surface area contributed by atoms with Crippen molar-refractivity contribution < 1.29 is 19.1 Å². The molecule has 3 amide bonds. The Kier molecular flexibility index (Phi) is 6.17. The van der Waals surface area contributed by atoms with E-state index in [1.54, 1.807) is 61.7 Å². The third-order valence-corrected chi connectivity index (χ3v) is 5.62. The summed E-state index contributed by atoms with van der Waals surface area (Å²) in [5.41, 5.74) is -0.100. The molecule has 28 heavy (non-hydrogen) atoms. The average Bonchev–Trinajstić information content (AvgIpc) is 3.30. The fraction of sp³-hybridized carbons (Fsp3) is 0.550. The lowest BCUT2D eigenvalue weighted by Crippen LogP contribution is -2.48. The second-order valence-electron chi connectivity index (χ2n) is 8.06. The number of rotatable bonds is 3. The van der Waals surface area contributed by atoms with Gasteiger partial charge in [-0.2, -0.15) is 0 Å². The summed E-state index contributed by atoms with van der Waals surface area (Å²) in [6.45, 7) is 6.32. The molecule has 7 nitrogen and oxygen atoms in total. The van der Waals surface area contributed by atoms with Crippen LogP contribution in [0.2, 0.25) is 0 Å². The summed E-state index contributed by atoms with van der Waals surface area (Å²) in [6.07, 6.45) is -0.133. The Morgan fingerprint density at radius 1 is 1.18 bits per heavy atom. The van der Waals surface area contributed by atoms with Gasteiger partial charge in [0.25, 0.3) is 5.91 Å². The van der Waals surface area contributed by atoms with Crippen molar-refractivity contribution in [1.29, 1.82) is 0 Å². The standard InChI is InChI=1S/C20H27N3O4S/c1-20(2,3)27-19(26)23-12-15(21-17(24)14-7-5-4-6-8-14)11-16(23)18(25)22-9-10-28-13-22/h4-8,15-16H,9-13H2,1-3H3,(H,21,24). The molecule has 1 N–H and O–H groups in total. The van der Waals surface area contributed by atoms with Gasteiger partial charge in [0.1, 0.15) is 11.6 Å². The minimum absolute atomic E-state index is 0.0766. The molecule has 8 heteroatoms. The van der Waals surface area contributed by atoms with Crippen LogP contribution < -0.4 is 5.32 Å². The predicted molar refractivity (Wildman–Crippen MR) is 108 cm³/mol. The van der Waals surface area contributed by atoms with E-state index >= 15 is 0 Å². The molecule has 2 aliphatic heterocycles. The van der Waals surface area contributed by atoms with Crippen molar-refractivity contribution in [3.63, 3.8) is 0 Å². The molecule has 1 aromatic rings. The fourth-order valence-electron chi connectivity index (χ4n) is 3.35. The number of hydrogen-bond acceptors (Lipinski definition) is 5. The molecular formula is C20H27N3O4S. The molecule has 0 aliphatic carbocycles. The number of nitrogens with zero attached hydrogens (tertiary/aromatic N) is 2. The van der Waals surface area contributed by atoms with E-state index in [-0.39, 0.29) is 24.4 Å². The van der Waals surface area contributed by atoms with E-state index in [0.717, 1.165) is 5.75 Å². The summed E-state index contributed by atoms with van der Waals surface area (Å²) < 4.78 is 5.50. The first-order chi connectivity index (χ1) is 13.2. The van der Waals surface area contributed by atoms with Gasteiger partial charge in [-0.25, -0.2) is 4.79 Å². The van der Waals surface area contributed by atoms with Crippen LogP contribution in [0.4, 0.5) is 4.79 Å². The lowest BCUT2D eigenvalue weighted by molar-refractivity contribution is -0.134. The highest BCUT2D eigenvalue weighted by Crippen LogP contribution is 2.25. The summed E-state index contributed by atoms with van der Waals surface area (Å²) in [5, 5.41) is 2.95. The molecule has 3 rings (SSSR count). The highest BCUT2D eigenvalue weighted by atomic mass is 32.2. The zero-order valence-electron chi connectivity index (χ0n) is 16.5. The van der Waals surface area contributed by atoms with Crippen LogP contribution in [0.5, 0.6) is 0 Å². The van der Waals surface area contributed by atoms with Gasteiger partial charge in [-0.1, -0.05) is 18.2 Å². The van der Waals surface area contributed by atoms with Gasteiger partial charge in [0, 0.05) is 30.4 Å². The van der Waals surface area contributed by atoms with Crippen molar-refractivity contribution in [2.24, 2.45) is 0 Å². The smallest absolute Gasteiger partial charge is 0.411 e. The maximum absolute atomic E-state index is 13.0. The number of thioether (sulfide) groups is 1. The highest BCUT2D eigenvalue weighted by Gasteiger charge is 2.44. The van der Waals surface area contributed by atoms with Gasteiger partial charge in [-0.15, -0.1) is 11.8 Å². The van der Waals surface area contributed by atoms with Crippen molar-refractivity contribution in [2.45, 2.75) is 44.9 Å². The van der Waals surface area contributed by atoms with E-state index in [4.69, 9.17) is 4.74 Å². The lowest BCUT2D eigenvalue weighted by atomic mass is 10.1. The molecular weight excluding hydrogens is 378 g/mol. The van der Waals surface area contributed by atoms with Gasteiger partial charge in [-0.05, 0) is 39.3 Å². The molecule has 2 saturated heterocycles. The molecule has 0 spiro atoms. The molecule has 152 valence electrons. The van der Waals surface area contributed by atoms with Crippen LogP contribution in [0.3, 0.4) is 0 Å². The Bertz CT molecular complexity index is 729. The van der Waals surface area contributed by atoms with Crippen LogP contribution in [0.15, 0.2) is 30.3 Å². The number of carbonyl (C=O) groups is 3. The topological polar surface area (TPSA) is 79.0 Å². The van der Waals surface area contributed by atoms with Gasteiger partial charge in [0.15, 0.2) is 0 Å². The molecule has 0 bridgehead atoms. The van der Waals surface area contributed by atoms with Crippen LogP contribution in [0, 0.1) is 0 Å². The van der Waals surface area contributed by atoms with Gasteiger partial charge in [0.05, 0.1) is 5.88 Å². The largest absolute Gasteiger partial charge is 0.444 e. The molecule has 0 radical (unpaired) electrons. The van der Waals surface area contributed by atoms with Crippen LogP contribution >= 0.6 is 11.8 Å². The third-order valence-electron chi connectivity index (χ3n) is 4.65. The van der Waals surface area contributed by atoms with E-state index in [1.165, 1.54) is 4.90 Å². The number of carbonyl (C=O) groups excluding carboxylic acids is 3. The van der Waals surface area contributed by atoms with Crippen molar-refractivity contribution in [3.8, 4) is 0 Å². The second kappa shape index (κ2) is 8.43. The van der Waals surface area contributed by atoms with Gasteiger partial charge in [-0.3, -0.25) is 14.5 Å². The van der Waals surface area contributed by atoms with E-state index in [0.29, 0.717) is 24.4 Å². The van der Waals surface area contributed by atoms with Crippen molar-refractivity contribution in [3.05, 3.63) is 35.9 Å². The van der Waals surface area contributed by atoms with Crippen molar-refractivity contribution in [1.82, 2.24) is 15.1 Å². The van der Waals surface area contributed by atoms with Crippen LogP contribution in [0.1, 0.15) is 37.6 Å². The van der Waals surface area contributed by atoms with Crippen molar-refractivity contribution >= 4 is 29.7 Å². The van der Waals surface area contributed by atoms with Crippen LogP contribution in [-0.2, 0) is 9.53 Å². The Hall–Kier alpha value is -2.22. The van der Waals surface area contributed by atoms with E-state index in [1.807, 2.05) is 6.07 Å². The summed E-state index contributed by atoms with van der Waals surface area (Å²) in [6, 6.07) is 8.00. The minimum atomic E-state index is -0.653. The Morgan fingerprint density at radius 2 is 1.89 bits per heavy atom. The summed E-state index contributed by atoms with van der Waals surface area (Å²) >= 11 is 1.70. The van der Waals surface area contributed by atoms with Gasteiger partial charge in [0.2, 0.25) is 5.91 Å². The number of nitrogens with one attached hydrogen (secondary N) is 1. The third kappa shape index (κ3) is 4.98. The normalized spacial score (nSPS) is 22.2. The molecule has 2 unspecified atom stereocenters. The van der Waals surface area contributed by atoms with Crippen LogP contribution in [0.25, 0.3) is 0 Å². The van der Waals surface area contributed by atoms with Crippen molar-refractivity contribution in [2.75, 3.05) is 24.7 Å². The molecule has 2 aliphatic rings. The quantitative estimate of drug-likeness (QED) is 0.835. The molecule has 2 atom stereocenters. The summed E-state index contributed by atoms with van der Waals surface area (Å²) in [5.74, 6) is 1.25.